The van der Waals surface area contributed by atoms with Crippen LogP contribution in [0.15, 0.2) is 16.2 Å². The van der Waals surface area contributed by atoms with Gasteiger partial charge in [-0.1, -0.05) is 0 Å². The number of fused-ring (bicyclic) bond motifs is 1. The molecular formula is C14H16N4OS2. The van der Waals surface area contributed by atoms with Gasteiger partial charge in [0.1, 0.15) is 10.5 Å². The Kier molecular flexibility index (Phi) is 3.88. The van der Waals surface area contributed by atoms with Crippen molar-refractivity contribution in [3.05, 3.63) is 43.2 Å². The van der Waals surface area contributed by atoms with E-state index in [-0.39, 0.29) is 11.6 Å². The normalized spacial score (nSPS) is 12.9. The molecule has 5 nitrogen and oxygen atoms in total. The van der Waals surface area contributed by atoms with Crippen LogP contribution in [0, 0.1) is 13.8 Å². The van der Waals surface area contributed by atoms with Crippen LogP contribution in [-0.4, -0.2) is 15.0 Å². The monoisotopic (exact) mass is 320 g/mol. The molecule has 0 bridgehead atoms. The number of aromatic amines is 1. The van der Waals surface area contributed by atoms with Crippen molar-refractivity contribution in [1.29, 1.82) is 0 Å². The number of hydrogen-bond acceptors (Lipinski definition) is 6. The fourth-order valence-corrected chi connectivity index (χ4v) is 3.98. The Morgan fingerprint density at radius 3 is 2.90 bits per heavy atom. The number of thiazole rings is 1. The van der Waals surface area contributed by atoms with Gasteiger partial charge in [0.15, 0.2) is 0 Å². The van der Waals surface area contributed by atoms with E-state index in [0.29, 0.717) is 17.1 Å². The molecule has 0 aliphatic heterocycles. The van der Waals surface area contributed by atoms with Crippen LogP contribution >= 0.6 is 22.7 Å². The summed E-state index contributed by atoms with van der Waals surface area (Å²) in [6.07, 6.45) is 0. The van der Waals surface area contributed by atoms with Crippen molar-refractivity contribution in [3.8, 4) is 0 Å². The highest BCUT2D eigenvalue weighted by Gasteiger charge is 2.13. The van der Waals surface area contributed by atoms with Gasteiger partial charge in [0.2, 0.25) is 0 Å². The molecule has 3 rings (SSSR count). The van der Waals surface area contributed by atoms with Gasteiger partial charge in [-0.25, -0.2) is 9.97 Å². The Hall–Kier alpha value is -1.57. The second-order valence-electron chi connectivity index (χ2n) is 4.93. The molecule has 0 amide bonds. The van der Waals surface area contributed by atoms with Gasteiger partial charge in [0.25, 0.3) is 5.56 Å². The van der Waals surface area contributed by atoms with Crippen molar-refractivity contribution in [1.82, 2.24) is 20.3 Å². The summed E-state index contributed by atoms with van der Waals surface area (Å²) in [4.78, 5) is 24.9. The van der Waals surface area contributed by atoms with E-state index in [2.05, 4.69) is 27.2 Å². The van der Waals surface area contributed by atoms with Crippen LogP contribution in [0.5, 0.6) is 0 Å². The molecule has 0 saturated carbocycles. The first kappa shape index (κ1) is 14.4. The van der Waals surface area contributed by atoms with Crippen LogP contribution in [0.1, 0.15) is 34.4 Å². The first-order chi connectivity index (χ1) is 10.0. The summed E-state index contributed by atoms with van der Waals surface area (Å²) >= 11 is 3.12. The summed E-state index contributed by atoms with van der Waals surface area (Å²) in [5.41, 5.74) is 1.76. The number of aromatic nitrogens is 3. The van der Waals surface area contributed by atoms with Crippen molar-refractivity contribution in [2.45, 2.75) is 33.4 Å². The van der Waals surface area contributed by atoms with Crippen molar-refractivity contribution >= 4 is 32.9 Å². The lowest BCUT2D eigenvalue weighted by Crippen LogP contribution is -2.21. The van der Waals surface area contributed by atoms with Crippen LogP contribution in [-0.2, 0) is 6.54 Å². The summed E-state index contributed by atoms with van der Waals surface area (Å²) in [6.45, 7) is 6.66. The van der Waals surface area contributed by atoms with E-state index in [9.17, 15) is 4.79 Å². The Morgan fingerprint density at radius 2 is 2.19 bits per heavy atom. The number of nitrogens with zero attached hydrogens (tertiary/aromatic N) is 2. The summed E-state index contributed by atoms with van der Waals surface area (Å²) < 4.78 is 0.681. The smallest absolute Gasteiger partial charge is 0.268 e. The molecule has 1 atom stereocenters. The zero-order chi connectivity index (χ0) is 15.0. The van der Waals surface area contributed by atoms with Crippen LogP contribution in [0.25, 0.3) is 10.2 Å². The number of nitrogens with one attached hydrogen (secondary N) is 2. The van der Waals surface area contributed by atoms with Gasteiger partial charge in [0.05, 0.1) is 22.8 Å². The van der Waals surface area contributed by atoms with Gasteiger partial charge in [0, 0.05) is 10.9 Å². The molecule has 3 aromatic rings. The average Bonchev–Trinajstić information content (AvgIpc) is 3.02. The number of hydrogen-bond donors (Lipinski definition) is 2. The van der Waals surface area contributed by atoms with E-state index >= 15 is 0 Å². The van der Waals surface area contributed by atoms with Crippen molar-refractivity contribution in [3.63, 3.8) is 0 Å². The highest BCUT2D eigenvalue weighted by atomic mass is 32.1. The van der Waals surface area contributed by atoms with Gasteiger partial charge >= 0.3 is 0 Å². The lowest BCUT2D eigenvalue weighted by molar-refractivity contribution is 0.564. The van der Waals surface area contributed by atoms with Gasteiger partial charge in [-0.05, 0) is 32.2 Å². The van der Waals surface area contributed by atoms with Gasteiger partial charge in [-0.3, -0.25) is 4.79 Å². The molecule has 21 heavy (non-hydrogen) atoms. The average molecular weight is 320 g/mol. The SMILES string of the molecule is Cc1nc(C)c(C(C)NCc2nc3ccsc3c(=O)[nH]2)s1. The summed E-state index contributed by atoms with van der Waals surface area (Å²) in [7, 11) is 0. The zero-order valence-electron chi connectivity index (χ0n) is 12.1. The molecule has 110 valence electrons. The first-order valence-electron chi connectivity index (χ1n) is 6.68. The van der Waals surface area contributed by atoms with E-state index in [0.717, 1.165) is 16.2 Å². The molecule has 2 N–H and O–H groups in total. The molecule has 3 aromatic heterocycles. The highest BCUT2D eigenvalue weighted by molar-refractivity contribution is 7.17. The topological polar surface area (TPSA) is 70.7 Å². The van der Waals surface area contributed by atoms with Gasteiger partial charge in [-0.15, -0.1) is 22.7 Å². The molecule has 0 fully saturated rings. The Bertz CT molecular complexity index is 833. The minimum absolute atomic E-state index is 0.0655. The lowest BCUT2D eigenvalue weighted by atomic mass is 10.2. The maximum absolute atomic E-state index is 11.9. The summed E-state index contributed by atoms with van der Waals surface area (Å²) in [5.74, 6) is 0.664. The molecule has 0 radical (unpaired) electrons. The van der Waals surface area contributed by atoms with Crippen molar-refractivity contribution in [2.24, 2.45) is 0 Å². The fourth-order valence-electron chi connectivity index (χ4n) is 2.30. The minimum Gasteiger partial charge on any atom is -0.308 e. The molecule has 0 aliphatic rings. The third-order valence-electron chi connectivity index (χ3n) is 3.27. The van der Waals surface area contributed by atoms with Crippen molar-refractivity contribution in [2.75, 3.05) is 0 Å². The molecule has 0 aliphatic carbocycles. The van der Waals surface area contributed by atoms with E-state index in [1.165, 1.54) is 16.2 Å². The lowest BCUT2D eigenvalue weighted by Gasteiger charge is -2.12. The number of aryl methyl sites for hydroxylation is 2. The maximum Gasteiger partial charge on any atom is 0.268 e. The van der Waals surface area contributed by atoms with Crippen LogP contribution in [0.4, 0.5) is 0 Å². The van der Waals surface area contributed by atoms with Crippen LogP contribution in [0.3, 0.4) is 0 Å². The number of H-pyrrole nitrogens is 1. The van der Waals surface area contributed by atoms with E-state index in [1.54, 1.807) is 11.3 Å². The molecule has 7 heteroatoms. The predicted octanol–water partition coefficient (Wildman–Crippen LogP) is 2.91. The minimum atomic E-state index is -0.0655. The first-order valence-corrected chi connectivity index (χ1v) is 8.38. The molecular weight excluding hydrogens is 304 g/mol. The molecule has 0 saturated heterocycles. The molecule has 3 heterocycles. The quantitative estimate of drug-likeness (QED) is 0.775. The Labute approximate surface area is 130 Å². The molecule has 0 spiro atoms. The third kappa shape index (κ3) is 2.90. The largest absolute Gasteiger partial charge is 0.308 e. The maximum atomic E-state index is 11.9. The zero-order valence-corrected chi connectivity index (χ0v) is 13.7. The third-order valence-corrected chi connectivity index (χ3v) is 5.43. The fraction of sp³-hybridized carbons (Fsp3) is 0.357. The summed E-state index contributed by atoms with van der Waals surface area (Å²) in [6, 6.07) is 2.05. The number of rotatable bonds is 4. The Balaban J connectivity index is 1.77. The van der Waals surface area contributed by atoms with Crippen LogP contribution < -0.4 is 10.9 Å². The molecule has 1 unspecified atom stereocenters. The second kappa shape index (κ2) is 5.67. The van der Waals surface area contributed by atoms with E-state index < -0.39 is 0 Å². The molecule has 0 aromatic carbocycles. The highest BCUT2D eigenvalue weighted by Crippen LogP contribution is 2.24. The standard InChI is InChI=1S/C14H16N4OS2/c1-7(12-8(2)16-9(3)21-12)15-6-11-17-10-4-5-20-13(10)14(19)18-11/h4-5,7,15H,6H2,1-3H3,(H,17,18,19). The van der Waals surface area contributed by atoms with Crippen molar-refractivity contribution < 1.29 is 0 Å². The Morgan fingerprint density at radius 1 is 1.38 bits per heavy atom. The van der Waals surface area contributed by atoms with Gasteiger partial charge < -0.3 is 10.3 Å². The predicted molar refractivity (Wildman–Crippen MR) is 87.1 cm³/mol. The van der Waals surface area contributed by atoms with Crippen LogP contribution in [0.2, 0.25) is 0 Å². The number of thiophene rings is 1. The van der Waals surface area contributed by atoms with E-state index in [4.69, 9.17) is 0 Å². The summed E-state index contributed by atoms with van der Waals surface area (Å²) in [5, 5.41) is 6.35. The van der Waals surface area contributed by atoms with E-state index in [1.807, 2.05) is 25.3 Å². The second-order valence-corrected chi connectivity index (χ2v) is 7.08. The van der Waals surface area contributed by atoms with Gasteiger partial charge in [-0.2, -0.15) is 0 Å².